The third-order valence-corrected chi connectivity index (χ3v) is 5.51. The second kappa shape index (κ2) is 6.78. The predicted octanol–water partition coefficient (Wildman–Crippen LogP) is 4.77. The number of carbonyl (C=O) groups is 1. The fraction of sp³-hybridized carbons (Fsp3) is 0. The molecule has 1 saturated heterocycles. The topological polar surface area (TPSA) is 60.1 Å². The van der Waals surface area contributed by atoms with Gasteiger partial charge in [0.05, 0.1) is 10.6 Å². The van der Waals surface area contributed by atoms with Crippen LogP contribution in [0.25, 0.3) is 34.2 Å². The zero-order valence-electron chi connectivity index (χ0n) is 14.5. The molecule has 5 rings (SSSR count). The third-order valence-electron chi connectivity index (χ3n) is 4.35. The fourth-order valence-electron chi connectivity index (χ4n) is 3.06. The normalized spacial score (nSPS) is 15.5. The van der Waals surface area contributed by atoms with Gasteiger partial charge in [-0.05, 0) is 30.3 Å². The van der Waals surface area contributed by atoms with E-state index in [2.05, 4.69) is 5.32 Å². The monoisotopic (exact) mass is 403 g/mol. The first-order valence-corrected chi connectivity index (χ1v) is 9.79. The second-order valence-electron chi connectivity index (χ2n) is 6.21. The molecule has 4 aromatic rings. The molecule has 1 amide bonds. The summed E-state index contributed by atoms with van der Waals surface area (Å²) in [5, 5.41) is 8.38. The van der Waals surface area contributed by atoms with Crippen LogP contribution < -0.4 is 5.32 Å². The molecule has 0 atom stereocenters. The number of furan rings is 1. The van der Waals surface area contributed by atoms with E-state index in [1.165, 1.54) is 11.8 Å². The summed E-state index contributed by atoms with van der Waals surface area (Å²) in [7, 11) is 0. The number of nitrogens with one attached hydrogen (secondary N) is 1. The van der Waals surface area contributed by atoms with Crippen LogP contribution >= 0.6 is 24.0 Å². The highest BCUT2D eigenvalue weighted by Crippen LogP contribution is 2.33. The number of thiocarbonyl (C=S) groups is 1. The van der Waals surface area contributed by atoms with Gasteiger partial charge in [-0.3, -0.25) is 4.79 Å². The summed E-state index contributed by atoms with van der Waals surface area (Å²) in [5.74, 6) is 0.451. The van der Waals surface area contributed by atoms with Gasteiger partial charge in [-0.2, -0.15) is 5.10 Å². The van der Waals surface area contributed by atoms with Crippen molar-refractivity contribution in [3.8, 4) is 17.1 Å². The van der Waals surface area contributed by atoms with Crippen LogP contribution in [0.3, 0.4) is 0 Å². The Morgan fingerprint density at radius 1 is 1.11 bits per heavy atom. The van der Waals surface area contributed by atoms with Crippen molar-refractivity contribution in [3.63, 3.8) is 0 Å². The van der Waals surface area contributed by atoms with Crippen molar-refractivity contribution in [2.24, 2.45) is 0 Å². The van der Waals surface area contributed by atoms with Crippen LogP contribution in [0, 0.1) is 0 Å². The lowest BCUT2D eigenvalue weighted by Crippen LogP contribution is -2.17. The Morgan fingerprint density at radius 3 is 2.64 bits per heavy atom. The molecule has 2 aromatic heterocycles. The highest BCUT2D eigenvalue weighted by molar-refractivity contribution is 8.26. The highest BCUT2D eigenvalue weighted by Gasteiger charge is 2.24. The van der Waals surface area contributed by atoms with Crippen molar-refractivity contribution >= 4 is 51.3 Å². The Labute approximate surface area is 170 Å². The largest absolute Gasteiger partial charge is 0.454 e. The van der Waals surface area contributed by atoms with Gasteiger partial charge in [0.15, 0.2) is 5.76 Å². The van der Waals surface area contributed by atoms with Gasteiger partial charge in [-0.1, -0.05) is 60.4 Å². The molecule has 1 N–H and O–H groups in total. The maximum atomic E-state index is 12.1. The number of hydrogen-bond donors (Lipinski definition) is 1. The molecule has 5 nitrogen and oxygen atoms in total. The molecule has 136 valence electrons. The minimum absolute atomic E-state index is 0.196. The summed E-state index contributed by atoms with van der Waals surface area (Å²) >= 11 is 6.34. The Kier molecular flexibility index (Phi) is 4.11. The molecule has 0 saturated carbocycles. The van der Waals surface area contributed by atoms with Gasteiger partial charge in [0, 0.05) is 17.1 Å². The average molecular weight is 403 g/mol. The molecule has 0 bridgehead atoms. The van der Waals surface area contributed by atoms with Crippen LogP contribution in [0.15, 0.2) is 76.2 Å². The summed E-state index contributed by atoms with van der Waals surface area (Å²) < 4.78 is 8.26. The van der Waals surface area contributed by atoms with Crippen LogP contribution in [0.4, 0.5) is 0 Å². The minimum atomic E-state index is -0.196. The van der Waals surface area contributed by atoms with Crippen molar-refractivity contribution in [2.75, 3.05) is 0 Å². The second-order valence-corrected chi connectivity index (χ2v) is 7.93. The Balaban J connectivity index is 1.68. The van der Waals surface area contributed by atoms with Gasteiger partial charge in [0.25, 0.3) is 5.91 Å². The molecule has 28 heavy (non-hydrogen) atoms. The number of benzene rings is 2. The third kappa shape index (κ3) is 3.04. The summed E-state index contributed by atoms with van der Waals surface area (Å²) in [6.45, 7) is 0. The fourth-order valence-corrected chi connectivity index (χ4v) is 4.09. The first-order valence-electron chi connectivity index (χ1n) is 8.56. The van der Waals surface area contributed by atoms with E-state index in [0.717, 1.165) is 22.2 Å². The maximum Gasteiger partial charge on any atom is 0.263 e. The number of hydrogen-bond acceptors (Lipinski definition) is 5. The SMILES string of the molecule is O=C1NC(=S)SC1=Cc1cn(-c2ccccc2)nc1-c1cc2ccccc2o1. The molecule has 2 aromatic carbocycles. The first-order chi connectivity index (χ1) is 13.7. The summed E-state index contributed by atoms with van der Waals surface area (Å²) in [4.78, 5) is 12.7. The average Bonchev–Trinajstić information content (AvgIpc) is 3.39. The molecular weight excluding hydrogens is 390 g/mol. The highest BCUT2D eigenvalue weighted by atomic mass is 32.2. The minimum Gasteiger partial charge on any atom is -0.454 e. The number of fused-ring (bicyclic) bond motifs is 1. The molecule has 0 unspecified atom stereocenters. The van der Waals surface area contributed by atoms with E-state index in [9.17, 15) is 4.79 Å². The van der Waals surface area contributed by atoms with E-state index in [1.807, 2.05) is 66.9 Å². The molecule has 0 spiro atoms. The van der Waals surface area contributed by atoms with Gasteiger partial charge in [-0.15, -0.1) is 0 Å². The van der Waals surface area contributed by atoms with E-state index in [0.29, 0.717) is 20.7 Å². The van der Waals surface area contributed by atoms with Gasteiger partial charge >= 0.3 is 0 Å². The van der Waals surface area contributed by atoms with E-state index in [4.69, 9.17) is 21.7 Å². The Hall–Kier alpha value is -3.16. The quantitative estimate of drug-likeness (QED) is 0.394. The zero-order chi connectivity index (χ0) is 19.1. The lowest BCUT2D eigenvalue weighted by Gasteiger charge is -1.98. The molecular formula is C21H13N3O2S2. The van der Waals surface area contributed by atoms with Crippen LogP contribution in [0.1, 0.15) is 5.56 Å². The van der Waals surface area contributed by atoms with Crippen molar-refractivity contribution < 1.29 is 9.21 Å². The number of rotatable bonds is 3. The van der Waals surface area contributed by atoms with E-state index in [-0.39, 0.29) is 5.91 Å². The van der Waals surface area contributed by atoms with Gasteiger partial charge in [-0.25, -0.2) is 4.68 Å². The molecule has 0 aliphatic carbocycles. The summed E-state index contributed by atoms with van der Waals surface area (Å²) in [6, 6.07) is 19.6. The number of carbonyl (C=O) groups excluding carboxylic acids is 1. The van der Waals surface area contributed by atoms with Crippen LogP contribution in [-0.2, 0) is 4.79 Å². The summed E-state index contributed by atoms with van der Waals surface area (Å²) in [5.41, 5.74) is 3.16. The van der Waals surface area contributed by atoms with Crippen molar-refractivity contribution in [1.82, 2.24) is 15.1 Å². The van der Waals surface area contributed by atoms with Crippen LogP contribution in [0.5, 0.6) is 0 Å². The molecule has 3 heterocycles. The molecule has 1 aliphatic rings. The number of amides is 1. The lowest BCUT2D eigenvalue weighted by atomic mass is 10.2. The lowest BCUT2D eigenvalue weighted by molar-refractivity contribution is -0.115. The molecule has 1 fully saturated rings. The predicted molar refractivity (Wildman–Crippen MR) is 115 cm³/mol. The van der Waals surface area contributed by atoms with Gasteiger partial charge in [0.1, 0.15) is 15.6 Å². The van der Waals surface area contributed by atoms with Crippen molar-refractivity contribution in [1.29, 1.82) is 0 Å². The van der Waals surface area contributed by atoms with Crippen LogP contribution in [-0.4, -0.2) is 20.0 Å². The van der Waals surface area contributed by atoms with Crippen molar-refractivity contribution in [2.45, 2.75) is 0 Å². The Bertz CT molecular complexity index is 1220. The smallest absolute Gasteiger partial charge is 0.263 e. The molecule has 1 aliphatic heterocycles. The van der Waals surface area contributed by atoms with E-state index < -0.39 is 0 Å². The van der Waals surface area contributed by atoms with E-state index >= 15 is 0 Å². The molecule has 0 radical (unpaired) electrons. The maximum absolute atomic E-state index is 12.1. The van der Waals surface area contributed by atoms with E-state index in [1.54, 1.807) is 10.8 Å². The number of aromatic nitrogens is 2. The number of nitrogens with zero attached hydrogens (tertiary/aromatic N) is 2. The number of thioether (sulfide) groups is 1. The zero-order valence-corrected chi connectivity index (χ0v) is 16.1. The van der Waals surface area contributed by atoms with Crippen LogP contribution in [0.2, 0.25) is 0 Å². The van der Waals surface area contributed by atoms with Gasteiger partial charge in [0.2, 0.25) is 0 Å². The standard InChI is InChI=1S/C21H13N3O2S2/c25-20-18(28-21(27)22-20)11-14-12-24(15-7-2-1-3-8-15)23-19(14)17-10-13-6-4-5-9-16(13)26-17/h1-12H,(H,22,25,27). The first kappa shape index (κ1) is 17.0. The van der Waals surface area contributed by atoms with Crippen molar-refractivity contribution in [3.05, 3.63) is 77.3 Å². The van der Waals surface area contributed by atoms with Gasteiger partial charge < -0.3 is 9.73 Å². The summed E-state index contributed by atoms with van der Waals surface area (Å²) in [6.07, 6.45) is 3.69. The Morgan fingerprint density at radius 2 is 1.89 bits per heavy atom. The molecule has 7 heteroatoms. The number of para-hydroxylation sites is 2.